The van der Waals surface area contributed by atoms with Gasteiger partial charge in [0, 0.05) is 25.1 Å². The van der Waals surface area contributed by atoms with Crippen LogP contribution in [-0.2, 0) is 16.4 Å². The van der Waals surface area contributed by atoms with Gasteiger partial charge in [0.1, 0.15) is 9.90 Å². The van der Waals surface area contributed by atoms with Crippen LogP contribution in [0.1, 0.15) is 46.6 Å². The van der Waals surface area contributed by atoms with E-state index in [9.17, 15) is 13.2 Å². The lowest BCUT2D eigenvalue weighted by molar-refractivity contribution is 0.102. The highest BCUT2D eigenvalue weighted by Gasteiger charge is 2.28. The second kappa shape index (κ2) is 10.1. The molecule has 1 aliphatic rings. The molecule has 0 radical (unpaired) electrons. The lowest BCUT2D eigenvalue weighted by Gasteiger charge is -2.21. The highest BCUT2D eigenvalue weighted by molar-refractivity contribution is 7.89. The van der Waals surface area contributed by atoms with Crippen molar-refractivity contribution in [2.24, 2.45) is 0 Å². The third-order valence-electron chi connectivity index (χ3n) is 5.26. The lowest BCUT2D eigenvalue weighted by atomic mass is 10.2. The summed E-state index contributed by atoms with van der Waals surface area (Å²) >= 11 is 7.51. The number of carbonyl (C=O) groups excluding carboxylic acids is 1. The van der Waals surface area contributed by atoms with Crippen molar-refractivity contribution in [3.05, 3.63) is 69.7 Å². The molecule has 1 amide bonds. The first-order valence-electron chi connectivity index (χ1n) is 10.4. The number of nitrogens with one attached hydrogen (secondary N) is 1. The summed E-state index contributed by atoms with van der Waals surface area (Å²) in [5.41, 5.74) is 1.30. The van der Waals surface area contributed by atoms with E-state index in [-0.39, 0.29) is 15.5 Å². The number of carbonyl (C=O) groups is 1. The molecular weight excluding hydrogens is 468 g/mol. The minimum absolute atomic E-state index is 0.0456. The van der Waals surface area contributed by atoms with Crippen LogP contribution in [0, 0.1) is 0 Å². The molecule has 3 aromatic rings. The van der Waals surface area contributed by atoms with E-state index in [1.54, 1.807) is 0 Å². The number of nitrogens with zero attached hydrogens (tertiary/aromatic N) is 3. The zero-order valence-corrected chi connectivity index (χ0v) is 19.7. The molecule has 10 heteroatoms. The predicted molar refractivity (Wildman–Crippen MR) is 126 cm³/mol. The maximum atomic E-state index is 13.2. The van der Waals surface area contributed by atoms with Crippen LogP contribution < -0.4 is 5.32 Å². The molecule has 0 saturated carbocycles. The molecule has 0 bridgehead atoms. The van der Waals surface area contributed by atoms with E-state index in [1.165, 1.54) is 33.8 Å². The Morgan fingerprint density at radius 3 is 2.47 bits per heavy atom. The van der Waals surface area contributed by atoms with Crippen LogP contribution in [0.4, 0.5) is 5.13 Å². The monoisotopic (exact) mass is 490 g/mol. The number of benzene rings is 2. The third kappa shape index (κ3) is 5.35. The van der Waals surface area contributed by atoms with Crippen molar-refractivity contribution in [1.82, 2.24) is 14.5 Å². The van der Waals surface area contributed by atoms with Crippen molar-refractivity contribution < 1.29 is 13.2 Å². The topological polar surface area (TPSA) is 92.3 Å². The summed E-state index contributed by atoms with van der Waals surface area (Å²) < 4.78 is 27.8. The van der Waals surface area contributed by atoms with Crippen molar-refractivity contribution in [1.29, 1.82) is 0 Å². The SMILES string of the molecule is O=C(Nc1nnc(Cc2ccccc2)s1)c1ccc(Cl)c(S(=O)(=O)N2CCCCCC2)c1. The zero-order chi connectivity index (χ0) is 22.6. The zero-order valence-electron chi connectivity index (χ0n) is 17.3. The Morgan fingerprint density at radius 1 is 1.03 bits per heavy atom. The Labute approximate surface area is 196 Å². The molecule has 32 heavy (non-hydrogen) atoms. The van der Waals surface area contributed by atoms with Crippen molar-refractivity contribution in [2.45, 2.75) is 37.0 Å². The number of hydrogen-bond acceptors (Lipinski definition) is 6. The highest BCUT2D eigenvalue weighted by atomic mass is 35.5. The fourth-order valence-electron chi connectivity index (χ4n) is 3.58. The number of aromatic nitrogens is 2. The smallest absolute Gasteiger partial charge is 0.257 e. The Balaban J connectivity index is 1.50. The van der Waals surface area contributed by atoms with Gasteiger partial charge in [-0.25, -0.2) is 8.42 Å². The first-order chi connectivity index (χ1) is 15.4. The van der Waals surface area contributed by atoms with E-state index < -0.39 is 15.9 Å². The second-order valence-corrected chi connectivity index (χ2v) is 11.0. The standard InChI is InChI=1S/C22H23ClN4O3S2/c23-18-11-10-17(15-19(18)32(29,30)27-12-6-1-2-7-13-27)21(28)24-22-26-25-20(31-22)14-16-8-4-3-5-9-16/h3-5,8-11,15H,1-2,6-7,12-14H2,(H,24,26,28). The van der Waals surface area contributed by atoms with E-state index in [4.69, 9.17) is 11.6 Å². The summed E-state index contributed by atoms with van der Waals surface area (Å²) in [4.78, 5) is 12.7. The van der Waals surface area contributed by atoms with Crippen molar-refractivity contribution >= 4 is 44.0 Å². The number of halogens is 1. The van der Waals surface area contributed by atoms with Gasteiger partial charge in [-0.1, -0.05) is 66.1 Å². The molecule has 1 fully saturated rings. The molecule has 1 N–H and O–H groups in total. The molecule has 0 unspecified atom stereocenters. The van der Waals surface area contributed by atoms with Crippen LogP contribution in [0.5, 0.6) is 0 Å². The third-order valence-corrected chi connectivity index (χ3v) is 8.48. The van der Waals surface area contributed by atoms with E-state index >= 15 is 0 Å². The Kier molecular flexibility index (Phi) is 7.20. The molecule has 1 aromatic heterocycles. The van der Waals surface area contributed by atoms with E-state index in [2.05, 4.69) is 15.5 Å². The summed E-state index contributed by atoms with van der Waals surface area (Å²) in [5, 5.41) is 12.1. The molecule has 0 aliphatic carbocycles. The molecule has 168 valence electrons. The van der Waals surface area contributed by atoms with E-state index in [0.29, 0.717) is 24.6 Å². The van der Waals surface area contributed by atoms with Crippen LogP contribution in [0.2, 0.25) is 5.02 Å². The molecule has 0 spiro atoms. The van der Waals surface area contributed by atoms with Crippen LogP contribution in [0.3, 0.4) is 0 Å². The van der Waals surface area contributed by atoms with Gasteiger partial charge >= 0.3 is 0 Å². The quantitative estimate of drug-likeness (QED) is 0.545. The molecular formula is C22H23ClN4O3S2. The number of sulfonamides is 1. The fraction of sp³-hybridized carbons (Fsp3) is 0.318. The minimum Gasteiger partial charge on any atom is -0.296 e. The van der Waals surface area contributed by atoms with Gasteiger partial charge in [-0.3, -0.25) is 10.1 Å². The summed E-state index contributed by atoms with van der Waals surface area (Å²) in [6.07, 6.45) is 4.28. The molecule has 7 nitrogen and oxygen atoms in total. The van der Waals surface area contributed by atoms with Gasteiger partial charge in [0.15, 0.2) is 0 Å². The van der Waals surface area contributed by atoms with Gasteiger partial charge < -0.3 is 0 Å². The second-order valence-electron chi connectivity index (χ2n) is 7.58. The van der Waals surface area contributed by atoms with Gasteiger partial charge in [0.2, 0.25) is 15.2 Å². The van der Waals surface area contributed by atoms with Crippen LogP contribution in [0.25, 0.3) is 0 Å². The maximum absolute atomic E-state index is 13.2. The van der Waals surface area contributed by atoms with Crippen LogP contribution in [-0.4, -0.2) is 41.9 Å². The minimum atomic E-state index is -3.78. The average Bonchev–Trinajstić information content (AvgIpc) is 3.03. The van der Waals surface area contributed by atoms with Crippen molar-refractivity contribution in [2.75, 3.05) is 18.4 Å². The summed E-state index contributed by atoms with van der Waals surface area (Å²) in [6, 6.07) is 14.1. The molecule has 2 aromatic carbocycles. The summed E-state index contributed by atoms with van der Waals surface area (Å²) in [7, 11) is -3.78. The molecule has 1 aliphatic heterocycles. The molecule has 1 saturated heterocycles. The fourth-order valence-corrected chi connectivity index (χ4v) is 6.37. The maximum Gasteiger partial charge on any atom is 0.257 e. The Morgan fingerprint density at radius 2 is 1.75 bits per heavy atom. The van der Waals surface area contributed by atoms with Gasteiger partial charge in [0.05, 0.1) is 5.02 Å². The summed E-state index contributed by atoms with van der Waals surface area (Å²) in [6.45, 7) is 0.925. The first kappa shape index (κ1) is 22.8. The number of anilines is 1. The van der Waals surface area contributed by atoms with Crippen molar-refractivity contribution in [3.8, 4) is 0 Å². The first-order valence-corrected chi connectivity index (χ1v) is 13.0. The summed E-state index contributed by atoms with van der Waals surface area (Å²) in [5.74, 6) is -0.462. The number of hydrogen-bond donors (Lipinski definition) is 1. The Bertz CT molecular complexity index is 1190. The lowest BCUT2D eigenvalue weighted by Crippen LogP contribution is -2.32. The normalized spacial score (nSPS) is 15.3. The average molecular weight is 491 g/mol. The van der Waals surface area contributed by atoms with Gasteiger partial charge in [-0.2, -0.15) is 4.31 Å². The van der Waals surface area contributed by atoms with Gasteiger partial charge in [-0.15, -0.1) is 10.2 Å². The van der Waals surface area contributed by atoms with Crippen LogP contribution in [0.15, 0.2) is 53.4 Å². The molecule has 0 atom stereocenters. The molecule has 2 heterocycles. The van der Waals surface area contributed by atoms with E-state index in [1.807, 2.05) is 30.3 Å². The van der Waals surface area contributed by atoms with Gasteiger partial charge in [0.25, 0.3) is 5.91 Å². The Hall–Kier alpha value is -2.33. The largest absolute Gasteiger partial charge is 0.296 e. The highest BCUT2D eigenvalue weighted by Crippen LogP contribution is 2.28. The number of rotatable bonds is 6. The van der Waals surface area contributed by atoms with Crippen molar-refractivity contribution in [3.63, 3.8) is 0 Å². The van der Waals surface area contributed by atoms with E-state index in [0.717, 1.165) is 36.3 Å². The predicted octanol–water partition coefficient (Wildman–Crippen LogP) is 4.60. The number of amides is 1. The molecule has 4 rings (SSSR count). The van der Waals surface area contributed by atoms with Crippen LogP contribution >= 0.6 is 22.9 Å². The van der Waals surface area contributed by atoms with Gasteiger partial charge in [-0.05, 0) is 36.6 Å².